The van der Waals surface area contributed by atoms with Gasteiger partial charge in [-0.1, -0.05) is 42.5 Å². The zero-order chi connectivity index (χ0) is 20.1. The summed E-state index contributed by atoms with van der Waals surface area (Å²) in [6.45, 7) is 4.13. The SMILES string of the molecule is CCN(c1cccc(C)c1)c1nc(OCc2ccccc2)ncc1C(F)(F)F. The molecule has 0 saturated heterocycles. The van der Waals surface area contributed by atoms with Crippen molar-refractivity contribution in [2.45, 2.75) is 26.6 Å². The van der Waals surface area contributed by atoms with Gasteiger partial charge in [0.1, 0.15) is 12.2 Å². The van der Waals surface area contributed by atoms with Gasteiger partial charge in [0.05, 0.1) is 0 Å². The van der Waals surface area contributed by atoms with Gasteiger partial charge in [-0.3, -0.25) is 0 Å². The van der Waals surface area contributed by atoms with Crippen LogP contribution in [0.25, 0.3) is 0 Å². The van der Waals surface area contributed by atoms with Gasteiger partial charge in [0.15, 0.2) is 5.82 Å². The fourth-order valence-corrected chi connectivity index (χ4v) is 2.81. The number of rotatable bonds is 6. The lowest BCUT2D eigenvalue weighted by atomic mass is 10.2. The van der Waals surface area contributed by atoms with Crippen LogP contribution in [0.3, 0.4) is 0 Å². The number of aromatic nitrogens is 2. The third-order valence-electron chi connectivity index (χ3n) is 4.15. The van der Waals surface area contributed by atoms with E-state index in [-0.39, 0.29) is 18.4 Å². The van der Waals surface area contributed by atoms with Crippen LogP contribution in [0.4, 0.5) is 24.7 Å². The molecule has 0 amide bonds. The Hall–Kier alpha value is -3.09. The summed E-state index contributed by atoms with van der Waals surface area (Å²) >= 11 is 0. The molecule has 0 spiro atoms. The van der Waals surface area contributed by atoms with Crippen LogP contribution in [0.5, 0.6) is 6.01 Å². The van der Waals surface area contributed by atoms with E-state index in [0.717, 1.165) is 17.3 Å². The molecular weight excluding hydrogens is 367 g/mol. The molecule has 28 heavy (non-hydrogen) atoms. The van der Waals surface area contributed by atoms with Crippen molar-refractivity contribution in [1.82, 2.24) is 9.97 Å². The van der Waals surface area contributed by atoms with E-state index in [9.17, 15) is 13.2 Å². The highest BCUT2D eigenvalue weighted by atomic mass is 19.4. The highest BCUT2D eigenvalue weighted by molar-refractivity contribution is 5.64. The van der Waals surface area contributed by atoms with Crippen LogP contribution < -0.4 is 9.64 Å². The van der Waals surface area contributed by atoms with Crippen LogP contribution in [0.2, 0.25) is 0 Å². The zero-order valence-corrected chi connectivity index (χ0v) is 15.6. The second-order valence-corrected chi connectivity index (χ2v) is 6.25. The van der Waals surface area contributed by atoms with Gasteiger partial charge in [-0.15, -0.1) is 0 Å². The third kappa shape index (κ3) is 4.60. The number of nitrogens with zero attached hydrogens (tertiary/aromatic N) is 3. The lowest BCUT2D eigenvalue weighted by Gasteiger charge is -2.25. The van der Waals surface area contributed by atoms with Crippen LogP contribution in [0.15, 0.2) is 60.8 Å². The van der Waals surface area contributed by atoms with Gasteiger partial charge < -0.3 is 9.64 Å². The Labute approximate surface area is 161 Å². The summed E-state index contributed by atoms with van der Waals surface area (Å²) in [5.41, 5.74) is 1.54. The molecule has 0 aliphatic rings. The number of hydrogen-bond acceptors (Lipinski definition) is 4. The van der Waals surface area contributed by atoms with Crippen molar-refractivity contribution in [3.8, 4) is 6.01 Å². The molecule has 1 heterocycles. The maximum absolute atomic E-state index is 13.6. The van der Waals surface area contributed by atoms with Crippen LogP contribution in [-0.2, 0) is 12.8 Å². The normalized spacial score (nSPS) is 11.3. The summed E-state index contributed by atoms with van der Waals surface area (Å²) in [7, 11) is 0. The van der Waals surface area contributed by atoms with Crippen LogP contribution >= 0.6 is 0 Å². The molecule has 0 N–H and O–H groups in total. The first kappa shape index (κ1) is 19.7. The van der Waals surface area contributed by atoms with Gasteiger partial charge in [-0.05, 0) is 37.1 Å². The van der Waals surface area contributed by atoms with E-state index in [1.807, 2.05) is 49.4 Å². The molecule has 0 aliphatic heterocycles. The number of aryl methyl sites for hydroxylation is 1. The first-order chi connectivity index (χ1) is 13.4. The van der Waals surface area contributed by atoms with E-state index in [1.165, 1.54) is 4.90 Å². The first-order valence-electron chi connectivity index (χ1n) is 8.83. The summed E-state index contributed by atoms with van der Waals surface area (Å²) in [6, 6.07) is 16.5. The second-order valence-electron chi connectivity index (χ2n) is 6.25. The average molecular weight is 387 g/mol. The average Bonchev–Trinajstić information content (AvgIpc) is 2.67. The summed E-state index contributed by atoms with van der Waals surface area (Å²) in [4.78, 5) is 9.38. The van der Waals surface area contributed by atoms with Crippen molar-refractivity contribution in [3.05, 3.63) is 77.5 Å². The van der Waals surface area contributed by atoms with E-state index in [0.29, 0.717) is 12.2 Å². The molecule has 0 radical (unpaired) electrons. The van der Waals surface area contributed by atoms with E-state index < -0.39 is 11.7 Å². The van der Waals surface area contributed by atoms with Gasteiger partial charge in [-0.2, -0.15) is 18.2 Å². The molecule has 0 fully saturated rings. The van der Waals surface area contributed by atoms with E-state index >= 15 is 0 Å². The predicted octanol–water partition coefficient (Wildman–Crippen LogP) is 5.54. The third-order valence-corrected chi connectivity index (χ3v) is 4.15. The quantitative estimate of drug-likeness (QED) is 0.557. The van der Waals surface area contributed by atoms with Crippen molar-refractivity contribution in [2.24, 2.45) is 0 Å². The van der Waals surface area contributed by atoms with Gasteiger partial charge >= 0.3 is 12.2 Å². The van der Waals surface area contributed by atoms with Crippen molar-refractivity contribution in [1.29, 1.82) is 0 Å². The fraction of sp³-hybridized carbons (Fsp3) is 0.238. The summed E-state index contributed by atoms with van der Waals surface area (Å²) in [5.74, 6) is -0.223. The standard InChI is InChI=1S/C21H20F3N3O/c1-3-27(17-11-7-8-15(2)12-17)19-18(21(22,23)24)13-25-20(26-19)28-14-16-9-5-4-6-10-16/h4-13H,3,14H2,1-2H3. The zero-order valence-electron chi connectivity index (χ0n) is 15.6. The number of ether oxygens (including phenoxy) is 1. The second kappa shape index (κ2) is 8.29. The minimum Gasteiger partial charge on any atom is -0.459 e. The highest BCUT2D eigenvalue weighted by Crippen LogP contribution is 2.38. The van der Waals surface area contributed by atoms with Crippen molar-refractivity contribution in [3.63, 3.8) is 0 Å². The summed E-state index contributed by atoms with van der Waals surface area (Å²) in [6.07, 6.45) is -3.80. The molecule has 146 valence electrons. The first-order valence-corrected chi connectivity index (χ1v) is 8.83. The van der Waals surface area contributed by atoms with Crippen LogP contribution in [0.1, 0.15) is 23.6 Å². The lowest BCUT2D eigenvalue weighted by molar-refractivity contribution is -0.137. The molecule has 3 rings (SSSR count). The van der Waals surface area contributed by atoms with Crippen LogP contribution in [0, 0.1) is 6.92 Å². The molecule has 1 aromatic heterocycles. The van der Waals surface area contributed by atoms with Gasteiger partial charge in [-0.25, -0.2) is 4.98 Å². The monoisotopic (exact) mass is 387 g/mol. The Morgan fingerprint density at radius 1 is 1.04 bits per heavy atom. The number of benzene rings is 2. The Kier molecular flexibility index (Phi) is 5.82. The largest absolute Gasteiger partial charge is 0.459 e. The molecule has 0 atom stereocenters. The number of anilines is 2. The van der Waals surface area contributed by atoms with Crippen molar-refractivity contribution >= 4 is 11.5 Å². The van der Waals surface area contributed by atoms with Gasteiger partial charge in [0, 0.05) is 18.4 Å². The molecule has 4 nitrogen and oxygen atoms in total. The maximum atomic E-state index is 13.6. The van der Waals surface area contributed by atoms with E-state index in [4.69, 9.17) is 4.74 Å². The molecule has 3 aromatic rings. The molecule has 7 heteroatoms. The number of hydrogen-bond donors (Lipinski definition) is 0. The Bertz CT molecular complexity index is 930. The minimum absolute atomic E-state index is 0.0991. The van der Waals surface area contributed by atoms with Gasteiger partial charge in [0.25, 0.3) is 0 Å². The summed E-state index contributed by atoms with van der Waals surface area (Å²) in [5, 5.41) is 0. The molecule has 0 bridgehead atoms. The molecular formula is C21H20F3N3O. The Morgan fingerprint density at radius 3 is 2.43 bits per heavy atom. The van der Waals surface area contributed by atoms with Crippen LogP contribution in [-0.4, -0.2) is 16.5 Å². The highest BCUT2D eigenvalue weighted by Gasteiger charge is 2.37. The predicted molar refractivity (Wildman–Crippen MR) is 102 cm³/mol. The topological polar surface area (TPSA) is 38.2 Å². The molecule has 0 aliphatic carbocycles. The molecule has 2 aromatic carbocycles. The molecule has 0 unspecified atom stereocenters. The van der Waals surface area contributed by atoms with E-state index in [2.05, 4.69) is 9.97 Å². The smallest absolute Gasteiger partial charge is 0.421 e. The number of alkyl halides is 3. The number of halogens is 3. The van der Waals surface area contributed by atoms with Crippen molar-refractivity contribution in [2.75, 3.05) is 11.4 Å². The lowest BCUT2D eigenvalue weighted by Crippen LogP contribution is -2.23. The van der Waals surface area contributed by atoms with Gasteiger partial charge in [0.2, 0.25) is 0 Å². The van der Waals surface area contributed by atoms with Crippen molar-refractivity contribution < 1.29 is 17.9 Å². The Balaban J connectivity index is 1.98. The van der Waals surface area contributed by atoms with E-state index in [1.54, 1.807) is 19.1 Å². The maximum Gasteiger partial charge on any atom is 0.421 e. The minimum atomic E-state index is -4.58. The Morgan fingerprint density at radius 2 is 1.79 bits per heavy atom. The molecule has 0 saturated carbocycles. The fourth-order valence-electron chi connectivity index (χ4n) is 2.81. The summed E-state index contributed by atoms with van der Waals surface area (Å²) < 4.78 is 46.3.